The van der Waals surface area contributed by atoms with Crippen molar-refractivity contribution in [1.29, 1.82) is 0 Å². The molecule has 3 heteroatoms. The largest absolute Gasteiger partial charge is 0.466 e. The summed E-state index contributed by atoms with van der Waals surface area (Å²) in [4.78, 5) is 11.1. The van der Waals surface area contributed by atoms with Gasteiger partial charge in [0.2, 0.25) is 0 Å². The van der Waals surface area contributed by atoms with Gasteiger partial charge in [-0.15, -0.1) is 0 Å². The topological polar surface area (TPSA) is 52.3 Å². The van der Waals surface area contributed by atoms with E-state index in [1.54, 1.807) is 0 Å². The van der Waals surface area contributed by atoms with Crippen molar-refractivity contribution in [3.8, 4) is 0 Å². The van der Waals surface area contributed by atoms with Crippen molar-refractivity contribution in [2.45, 2.75) is 52.0 Å². The molecule has 0 aliphatic heterocycles. The average Bonchev–Trinajstić information content (AvgIpc) is 2.11. The second-order valence-electron chi connectivity index (χ2n) is 3.73. The van der Waals surface area contributed by atoms with Gasteiger partial charge in [0, 0.05) is 12.0 Å². The first-order chi connectivity index (χ1) is 6.02. The molecule has 0 aromatic heterocycles. The molecule has 0 heterocycles. The van der Waals surface area contributed by atoms with Gasteiger partial charge in [-0.05, 0) is 26.2 Å². The average molecular weight is 187 g/mol. The highest BCUT2D eigenvalue weighted by Gasteiger charge is 2.17. The zero-order chi connectivity index (χ0) is 10.3. The minimum absolute atomic E-state index is 0.132. The van der Waals surface area contributed by atoms with E-state index in [1.807, 2.05) is 20.8 Å². The Morgan fingerprint density at radius 1 is 1.46 bits per heavy atom. The lowest BCUT2D eigenvalue weighted by Crippen LogP contribution is -2.35. The van der Waals surface area contributed by atoms with E-state index >= 15 is 0 Å². The maximum atomic E-state index is 11.1. The van der Waals surface area contributed by atoms with Crippen LogP contribution in [0.2, 0.25) is 0 Å². The Hall–Kier alpha value is -0.570. The van der Waals surface area contributed by atoms with Crippen molar-refractivity contribution in [1.82, 2.24) is 0 Å². The Kier molecular flexibility index (Phi) is 5.71. The zero-order valence-electron chi connectivity index (χ0n) is 8.93. The summed E-state index contributed by atoms with van der Waals surface area (Å²) in [6.45, 7) is 6.48. The molecule has 0 fully saturated rings. The van der Waals surface area contributed by atoms with Crippen molar-refractivity contribution >= 4 is 5.97 Å². The van der Waals surface area contributed by atoms with Crippen molar-refractivity contribution in [3.05, 3.63) is 0 Å². The van der Waals surface area contributed by atoms with E-state index < -0.39 is 0 Å². The number of nitrogens with two attached hydrogens (primary N) is 1. The highest BCUT2D eigenvalue weighted by molar-refractivity contribution is 5.69. The van der Waals surface area contributed by atoms with Crippen LogP contribution in [0.25, 0.3) is 0 Å². The van der Waals surface area contributed by atoms with Crippen LogP contribution >= 0.6 is 0 Å². The van der Waals surface area contributed by atoms with Gasteiger partial charge in [0.25, 0.3) is 0 Å². The predicted molar refractivity (Wildman–Crippen MR) is 53.4 cm³/mol. The normalized spacial score (nSPS) is 15.1. The summed E-state index contributed by atoms with van der Waals surface area (Å²) in [5.74, 6) is -0.132. The molecule has 0 aliphatic rings. The second kappa shape index (κ2) is 5.97. The number of hydrogen-bond donors (Lipinski definition) is 1. The maximum absolute atomic E-state index is 11.1. The minimum atomic E-state index is -0.231. The number of hydrogen-bond acceptors (Lipinski definition) is 3. The summed E-state index contributed by atoms with van der Waals surface area (Å²) in [6.07, 6.45) is 2.89. The molecule has 0 aromatic carbocycles. The SMILES string of the molecule is CCCOC(=O)CCC(C)(N)CC. The van der Waals surface area contributed by atoms with Crippen LogP contribution in [-0.2, 0) is 9.53 Å². The van der Waals surface area contributed by atoms with Gasteiger partial charge < -0.3 is 10.5 Å². The molecule has 0 saturated heterocycles. The van der Waals surface area contributed by atoms with Gasteiger partial charge in [-0.25, -0.2) is 0 Å². The quantitative estimate of drug-likeness (QED) is 0.646. The summed E-state index contributed by atoms with van der Waals surface area (Å²) in [7, 11) is 0. The third-order valence-corrected chi connectivity index (χ3v) is 2.18. The zero-order valence-corrected chi connectivity index (χ0v) is 8.93. The molecular formula is C10H21NO2. The summed E-state index contributed by atoms with van der Waals surface area (Å²) < 4.78 is 4.94. The Morgan fingerprint density at radius 2 is 2.08 bits per heavy atom. The van der Waals surface area contributed by atoms with Gasteiger partial charge in [0.05, 0.1) is 6.61 Å². The highest BCUT2D eigenvalue weighted by atomic mass is 16.5. The molecule has 0 spiro atoms. The fourth-order valence-corrected chi connectivity index (χ4v) is 0.852. The molecule has 0 rings (SSSR count). The predicted octanol–water partition coefficient (Wildman–Crippen LogP) is 1.85. The van der Waals surface area contributed by atoms with Gasteiger partial charge in [0.1, 0.15) is 0 Å². The third-order valence-electron chi connectivity index (χ3n) is 2.18. The summed E-state index contributed by atoms with van der Waals surface area (Å²) in [6, 6.07) is 0. The lowest BCUT2D eigenvalue weighted by Gasteiger charge is -2.21. The van der Waals surface area contributed by atoms with Crippen LogP contribution in [0.5, 0.6) is 0 Å². The van der Waals surface area contributed by atoms with E-state index in [1.165, 1.54) is 0 Å². The van der Waals surface area contributed by atoms with E-state index in [2.05, 4.69) is 0 Å². The molecular weight excluding hydrogens is 166 g/mol. The van der Waals surface area contributed by atoms with E-state index in [-0.39, 0.29) is 11.5 Å². The van der Waals surface area contributed by atoms with Gasteiger partial charge >= 0.3 is 5.97 Å². The number of ether oxygens (including phenoxy) is 1. The van der Waals surface area contributed by atoms with Crippen LogP contribution in [0, 0.1) is 0 Å². The van der Waals surface area contributed by atoms with Gasteiger partial charge in [-0.1, -0.05) is 13.8 Å². The Balaban J connectivity index is 3.57. The van der Waals surface area contributed by atoms with Crippen LogP contribution in [-0.4, -0.2) is 18.1 Å². The fraction of sp³-hybridized carbons (Fsp3) is 0.900. The molecule has 1 atom stereocenters. The first-order valence-electron chi connectivity index (χ1n) is 4.96. The van der Waals surface area contributed by atoms with E-state index in [9.17, 15) is 4.79 Å². The molecule has 0 aromatic rings. The van der Waals surface area contributed by atoms with Crippen LogP contribution in [0.1, 0.15) is 46.5 Å². The van der Waals surface area contributed by atoms with E-state index in [0.717, 1.165) is 12.8 Å². The molecule has 0 bridgehead atoms. The minimum Gasteiger partial charge on any atom is -0.466 e. The van der Waals surface area contributed by atoms with E-state index in [0.29, 0.717) is 19.4 Å². The van der Waals surface area contributed by atoms with Crippen LogP contribution in [0.3, 0.4) is 0 Å². The second-order valence-corrected chi connectivity index (χ2v) is 3.73. The molecule has 2 N–H and O–H groups in total. The van der Waals surface area contributed by atoms with E-state index in [4.69, 9.17) is 10.5 Å². The lowest BCUT2D eigenvalue weighted by molar-refractivity contribution is -0.144. The molecule has 0 aliphatic carbocycles. The molecule has 0 saturated carbocycles. The first-order valence-corrected chi connectivity index (χ1v) is 4.96. The number of esters is 1. The third kappa shape index (κ3) is 6.58. The van der Waals surface area contributed by atoms with Crippen molar-refractivity contribution in [3.63, 3.8) is 0 Å². The Labute approximate surface area is 80.6 Å². The summed E-state index contributed by atoms with van der Waals surface area (Å²) in [5.41, 5.74) is 5.65. The van der Waals surface area contributed by atoms with Gasteiger partial charge in [0.15, 0.2) is 0 Å². The molecule has 0 amide bonds. The number of rotatable bonds is 6. The Bertz CT molecular complexity index is 155. The van der Waals surface area contributed by atoms with Crippen LogP contribution in [0.15, 0.2) is 0 Å². The van der Waals surface area contributed by atoms with Crippen molar-refractivity contribution in [2.24, 2.45) is 5.73 Å². The molecule has 1 unspecified atom stereocenters. The monoisotopic (exact) mass is 187 g/mol. The standard InChI is InChI=1S/C10H21NO2/c1-4-8-13-9(12)6-7-10(3,11)5-2/h4-8,11H2,1-3H3. The number of carbonyl (C=O) groups excluding carboxylic acids is 1. The van der Waals surface area contributed by atoms with Gasteiger partial charge in [-0.3, -0.25) is 4.79 Å². The Morgan fingerprint density at radius 3 is 2.54 bits per heavy atom. The smallest absolute Gasteiger partial charge is 0.305 e. The lowest BCUT2D eigenvalue weighted by atomic mass is 9.94. The van der Waals surface area contributed by atoms with Crippen LogP contribution in [0.4, 0.5) is 0 Å². The number of carbonyl (C=O) groups is 1. The first kappa shape index (κ1) is 12.4. The molecule has 3 nitrogen and oxygen atoms in total. The van der Waals surface area contributed by atoms with Gasteiger partial charge in [-0.2, -0.15) is 0 Å². The van der Waals surface area contributed by atoms with Crippen molar-refractivity contribution in [2.75, 3.05) is 6.61 Å². The van der Waals surface area contributed by atoms with Crippen molar-refractivity contribution < 1.29 is 9.53 Å². The van der Waals surface area contributed by atoms with Crippen LogP contribution < -0.4 is 5.73 Å². The molecule has 78 valence electrons. The molecule has 0 radical (unpaired) electrons. The maximum Gasteiger partial charge on any atom is 0.305 e. The summed E-state index contributed by atoms with van der Waals surface area (Å²) >= 11 is 0. The fourth-order valence-electron chi connectivity index (χ4n) is 0.852. The highest BCUT2D eigenvalue weighted by Crippen LogP contribution is 2.12. The summed E-state index contributed by atoms with van der Waals surface area (Å²) in [5, 5.41) is 0. The molecule has 13 heavy (non-hydrogen) atoms.